The van der Waals surface area contributed by atoms with E-state index in [4.69, 9.17) is 23.2 Å². The molecule has 1 aliphatic rings. The summed E-state index contributed by atoms with van der Waals surface area (Å²) in [5.41, 5.74) is 1.06. The minimum Gasteiger partial charge on any atom is -0.299 e. The highest BCUT2D eigenvalue weighted by Gasteiger charge is 2.18. The van der Waals surface area contributed by atoms with Crippen LogP contribution >= 0.6 is 23.2 Å². The third kappa shape index (κ3) is 3.57. The van der Waals surface area contributed by atoms with Gasteiger partial charge in [0.1, 0.15) is 5.15 Å². The quantitative estimate of drug-likeness (QED) is 0.769. The largest absolute Gasteiger partial charge is 0.299 e. The number of hydrogen-bond donors (Lipinski definition) is 0. The summed E-state index contributed by atoms with van der Waals surface area (Å²) in [5, 5.41) is 1.17. The van der Waals surface area contributed by atoms with Crippen LogP contribution in [-0.2, 0) is 6.54 Å². The lowest BCUT2D eigenvalue weighted by Gasteiger charge is -2.31. The van der Waals surface area contributed by atoms with E-state index >= 15 is 0 Å². The lowest BCUT2D eigenvalue weighted by atomic mass is 9.94. The minimum absolute atomic E-state index is 0.457. The lowest BCUT2D eigenvalue weighted by Crippen LogP contribution is -2.32. The molecular weight excluding hydrogens is 255 g/mol. The van der Waals surface area contributed by atoms with E-state index in [0.29, 0.717) is 16.2 Å². The van der Waals surface area contributed by atoms with Crippen molar-refractivity contribution in [2.45, 2.75) is 44.7 Å². The van der Waals surface area contributed by atoms with Crippen LogP contribution in [0.4, 0.5) is 0 Å². The summed E-state index contributed by atoms with van der Waals surface area (Å²) in [6.45, 7) is 0.855. The van der Waals surface area contributed by atoms with Crippen molar-refractivity contribution in [1.82, 2.24) is 9.88 Å². The second-order valence-electron chi connectivity index (χ2n) is 4.81. The number of rotatable bonds is 3. The van der Waals surface area contributed by atoms with Crippen LogP contribution in [0.15, 0.2) is 12.3 Å². The highest BCUT2D eigenvalue weighted by molar-refractivity contribution is 6.34. The standard InChI is InChI=1S/C13H18Cl2N2/c1-17(11-5-3-2-4-6-11)9-10-8-16-13(15)7-12(10)14/h7-8,11H,2-6,9H2,1H3. The third-order valence-electron chi connectivity index (χ3n) is 3.51. The first-order chi connectivity index (χ1) is 8.16. The van der Waals surface area contributed by atoms with E-state index in [2.05, 4.69) is 16.9 Å². The molecule has 0 unspecified atom stereocenters. The highest BCUT2D eigenvalue weighted by Crippen LogP contribution is 2.25. The van der Waals surface area contributed by atoms with Gasteiger partial charge in [0.25, 0.3) is 0 Å². The molecule has 2 nitrogen and oxygen atoms in total. The molecule has 0 N–H and O–H groups in total. The summed E-state index contributed by atoms with van der Waals surface area (Å²) in [7, 11) is 2.17. The van der Waals surface area contributed by atoms with E-state index < -0.39 is 0 Å². The van der Waals surface area contributed by atoms with Crippen molar-refractivity contribution in [2.24, 2.45) is 0 Å². The van der Waals surface area contributed by atoms with Crippen LogP contribution in [0.25, 0.3) is 0 Å². The highest BCUT2D eigenvalue weighted by atomic mass is 35.5. The predicted molar refractivity (Wildman–Crippen MR) is 72.6 cm³/mol. The van der Waals surface area contributed by atoms with Gasteiger partial charge in [0.15, 0.2) is 0 Å². The van der Waals surface area contributed by atoms with E-state index in [1.54, 1.807) is 12.3 Å². The van der Waals surface area contributed by atoms with Crippen LogP contribution < -0.4 is 0 Å². The Labute approximate surface area is 113 Å². The van der Waals surface area contributed by atoms with Gasteiger partial charge < -0.3 is 0 Å². The van der Waals surface area contributed by atoms with Gasteiger partial charge in [-0.1, -0.05) is 42.5 Å². The number of nitrogens with zero attached hydrogens (tertiary/aromatic N) is 2. The molecule has 2 rings (SSSR count). The van der Waals surface area contributed by atoms with E-state index in [1.165, 1.54) is 32.1 Å². The Morgan fingerprint density at radius 1 is 1.29 bits per heavy atom. The predicted octanol–water partition coefficient (Wildman–Crippen LogP) is 4.15. The number of halogens is 2. The summed E-state index contributed by atoms with van der Waals surface area (Å²) in [6, 6.07) is 2.41. The number of hydrogen-bond acceptors (Lipinski definition) is 2. The monoisotopic (exact) mass is 272 g/mol. The fourth-order valence-corrected chi connectivity index (χ4v) is 2.90. The van der Waals surface area contributed by atoms with Gasteiger partial charge >= 0.3 is 0 Å². The molecule has 0 radical (unpaired) electrons. The smallest absolute Gasteiger partial charge is 0.130 e. The van der Waals surface area contributed by atoms with Gasteiger partial charge in [0.05, 0.1) is 0 Å². The van der Waals surface area contributed by atoms with Crippen molar-refractivity contribution in [2.75, 3.05) is 7.05 Å². The second kappa shape index (κ2) is 6.03. The molecule has 4 heteroatoms. The van der Waals surface area contributed by atoms with Crippen LogP contribution in [0.1, 0.15) is 37.7 Å². The minimum atomic E-state index is 0.457. The zero-order valence-electron chi connectivity index (χ0n) is 10.1. The van der Waals surface area contributed by atoms with E-state index in [-0.39, 0.29) is 0 Å². The Balaban J connectivity index is 1.99. The third-order valence-corrected chi connectivity index (χ3v) is 4.07. The molecule has 1 aromatic heterocycles. The molecule has 94 valence electrons. The van der Waals surface area contributed by atoms with Crippen LogP contribution in [0.3, 0.4) is 0 Å². The lowest BCUT2D eigenvalue weighted by molar-refractivity contribution is 0.184. The van der Waals surface area contributed by atoms with Gasteiger partial charge in [-0.3, -0.25) is 4.90 Å². The van der Waals surface area contributed by atoms with E-state index in [1.807, 2.05) is 0 Å². The molecule has 0 bridgehead atoms. The molecule has 0 atom stereocenters. The Hall–Kier alpha value is -0.310. The topological polar surface area (TPSA) is 16.1 Å². The average Bonchev–Trinajstić information content (AvgIpc) is 2.34. The van der Waals surface area contributed by atoms with Crippen molar-refractivity contribution >= 4 is 23.2 Å². The van der Waals surface area contributed by atoms with Crippen molar-refractivity contribution in [3.63, 3.8) is 0 Å². The maximum absolute atomic E-state index is 6.16. The molecule has 1 saturated carbocycles. The van der Waals surface area contributed by atoms with Crippen LogP contribution in [0.2, 0.25) is 10.2 Å². The zero-order chi connectivity index (χ0) is 12.3. The van der Waals surface area contributed by atoms with Gasteiger partial charge in [-0.05, 0) is 26.0 Å². The van der Waals surface area contributed by atoms with Gasteiger partial charge in [0, 0.05) is 29.4 Å². The summed E-state index contributed by atoms with van der Waals surface area (Å²) in [4.78, 5) is 6.48. The van der Waals surface area contributed by atoms with Gasteiger partial charge in [-0.15, -0.1) is 0 Å². The molecule has 1 fully saturated rings. The fraction of sp³-hybridized carbons (Fsp3) is 0.615. The first-order valence-corrected chi connectivity index (χ1v) is 6.92. The molecule has 0 amide bonds. The SMILES string of the molecule is CN(Cc1cnc(Cl)cc1Cl)C1CCCCC1. The number of aromatic nitrogens is 1. The molecule has 0 aromatic carbocycles. The average molecular weight is 273 g/mol. The Morgan fingerprint density at radius 3 is 2.65 bits per heavy atom. The Bertz CT molecular complexity index is 376. The van der Waals surface area contributed by atoms with Crippen LogP contribution in [0.5, 0.6) is 0 Å². The van der Waals surface area contributed by atoms with E-state index in [9.17, 15) is 0 Å². The zero-order valence-corrected chi connectivity index (χ0v) is 11.6. The molecule has 0 aliphatic heterocycles. The summed E-state index contributed by atoms with van der Waals surface area (Å²) in [5.74, 6) is 0. The van der Waals surface area contributed by atoms with E-state index in [0.717, 1.165) is 12.1 Å². The maximum atomic E-state index is 6.16. The molecule has 1 heterocycles. The molecular formula is C13H18Cl2N2. The van der Waals surface area contributed by atoms with Crippen LogP contribution in [-0.4, -0.2) is 23.0 Å². The van der Waals surface area contributed by atoms with Gasteiger partial charge in [-0.25, -0.2) is 4.98 Å². The first kappa shape index (κ1) is 13.1. The second-order valence-corrected chi connectivity index (χ2v) is 5.60. The molecule has 1 aromatic rings. The van der Waals surface area contributed by atoms with Gasteiger partial charge in [-0.2, -0.15) is 0 Å². The number of pyridine rings is 1. The molecule has 0 spiro atoms. The molecule has 1 aliphatic carbocycles. The maximum Gasteiger partial charge on any atom is 0.130 e. The fourth-order valence-electron chi connectivity index (χ4n) is 2.47. The van der Waals surface area contributed by atoms with Gasteiger partial charge in [0.2, 0.25) is 0 Å². The normalized spacial score (nSPS) is 17.6. The summed E-state index contributed by atoms with van der Waals surface area (Å²) >= 11 is 12.0. The first-order valence-electron chi connectivity index (χ1n) is 6.17. The van der Waals surface area contributed by atoms with Crippen LogP contribution in [0, 0.1) is 0 Å². The van der Waals surface area contributed by atoms with Crippen molar-refractivity contribution in [3.05, 3.63) is 28.0 Å². The van der Waals surface area contributed by atoms with Crippen molar-refractivity contribution in [1.29, 1.82) is 0 Å². The summed E-state index contributed by atoms with van der Waals surface area (Å²) < 4.78 is 0. The summed E-state index contributed by atoms with van der Waals surface area (Å²) in [6.07, 6.45) is 8.46. The Morgan fingerprint density at radius 2 is 2.00 bits per heavy atom. The van der Waals surface area contributed by atoms with Crippen molar-refractivity contribution < 1.29 is 0 Å². The Kier molecular flexibility index (Phi) is 4.66. The molecule has 0 saturated heterocycles. The molecule has 17 heavy (non-hydrogen) atoms. The van der Waals surface area contributed by atoms with Crippen molar-refractivity contribution in [3.8, 4) is 0 Å².